The van der Waals surface area contributed by atoms with Gasteiger partial charge in [-0.3, -0.25) is 9.59 Å². The fraction of sp³-hybridized carbons (Fsp3) is 0.261. The maximum absolute atomic E-state index is 13.3. The number of methoxy groups -OCH3 is 3. The topological polar surface area (TPSA) is 127 Å². The number of primary amides is 1. The van der Waals surface area contributed by atoms with Crippen LogP contribution in [-0.2, 0) is 11.8 Å². The first-order valence-corrected chi connectivity index (χ1v) is 9.97. The molecule has 0 saturated heterocycles. The van der Waals surface area contributed by atoms with E-state index in [0.29, 0.717) is 11.6 Å². The second-order valence-corrected chi connectivity index (χ2v) is 7.04. The highest BCUT2D eigenvalue weighted by Gasteiger charge is 2.24. The minimum Gasteiger partial charge on any atom is -0.497 e. The molecule has 174 valence electrons. The van der Waals surface area contributed by atoms with Crippen LogP contribution >= 0.6 is 0 Å². The lowest BCUT2D eigenvalue weighted by atomic mass is 10.0. The smallest absolute Gasteiger partial charge is 0.255 e. The number of carbonyl (C=O) groups excluding carboxylic acids is 2. The summed E-state index contributed by atoms with van der Waals surface area (Å²) in [6.07, 6.45) is 3.46. The number of benzene rings is 2. The maximum atomic E-state index is 13.3. The lowest BCUT2D eigenvalue weighted by Gasteiger charge is -2.21. The minimum absolute atomic E-state index is 0.170. The van der Waals surface area contributed by atoms with Crippen LogP contribution in [0.2, 0.25) is 0 Å². The molecule has 0 aliphatic rings. The highest BCUT2D eigenvalue weighted by molar-refractivity contribution is 5.96. The van der Waals surface area contributed by atoms with Crippen molar-refractivity contribution in [1.82, 2.24) is 14.9 Å². The fourth-order valence-corrected chi connectivity index (χ4v) is 3.28. The number of hydrogen-bond acceptors (Lipinski definition) is 7. The number of rotatable bonds is 10. The number of amides is 2. The van der Waals surface area contributed by atoms with Crippen molar-refractivity contribution in [3.05, 3.63) is 65.7 Å². The van der Waals surface area contributed by atoms with E-state index in [1.165, 1.54) is 26.4 Å². The van der Waals surface area contributed by atoms with E-state index in [0.717, 1.165) is 5.56 Å². The number of imidazole rings is 1. The van der Waals surface area contributed by atoms with Crippen molar-refractivity contribution in [1.29, 1.82) is 0 Å². The Hall–Kier alpha value is -4.21. The highest BCUT2D eigenvalue weighted by Crippen LogP contribution is 2.38. The molecule has 2 amide bonds. The Morgan fingerprint density at radius 3 is 2.33 bits per heavy atom. The van der Waals surface area contributed by atoms with Crippen LogP contribution < -0.4 is 30.0 Å². The number of nitrogens with zero attached hydrogens (tertiary/aromatic N) is 2. The van der Waals surface area contributed by atoms with Crippen LogP contribution in [0.3, 0.4) is 0 Å². The fourth-order valence-electron chi connectivity index (χ4n) is 3.28. The normalized spacial score (nSPS) is 11.4. The third-order valence-electron chi connectivity index (χ3n) is 4.90. The SMILES string of the molecule is COc1cccc(C(NC(=O)c2cc(OC)c(OCC(N)=O)c(OC)c2)c2nccn2C)c1. The zero-order valence-corrected chi connectivity index (χ0v) is 18.8. The summed E-state index contributed by atoms with van der Waals surface area (Å²) in [7, 11) is 6.26. The summed E-state index contributed by atoms with van der Waals surface area (Å²) in [6, 6.07) is 9.81. The molecule has 0 radical (unpaired) electrons. The van der Waals surface area contributed by atoms with E-state index in [1.807, 2.05) is 35.9 Å². The van der Waals surface area contributed by atoms with E-state index in [-0.39, 0.29) is 29.4 Å². The quantitative estimate of drug-likeness (QED) is 0.478. The Morgan fingerprint density at radius 2 is 1.79 bits per heavy atom. The first kappa shape index (κ1) is 23.5. The molecule has 33 heavy (non-hydrogen) atoms. The lowest BCUT2D eigenvalue weighted by Crippen LogP contribution is -2.31. The summed E-state index contributed by atoms with van der Waals surface area (Å²) in [4.78, 5) is 28.8. The third kappa shape index (κ3) is 5.35. The predicted molar refractivity (Wildman–Crippen MR) is 120 cm³/mol. The molecule has 3 rings (SSSR count). The number of aromatic nitrogens is 2. The summed E-state index contributed by atoms with van der Waals surface area (Å²) >= 11 is 0. The zero-order valence-electron chi connectivity index (χ0n) is 18.8. The summed E-state index contributed by atoms with van der Waals surface area (Å²) in [5.41, 5.74) is 6.21. The van der Waals surface area contributed by atoms with Gasteiger partial charge in [0.25, 0.3) is 11.8 Å². The molecule has 10 heteroatoms. The van der Waals surface area contributed by atoms with Gasteiger partial charge in [-0.15, -0.1) is 0 Å². The van der Waals surface area contributed by atoms with Gasteiger partial charge in [-0.05, 0) is 29.8 Å². The zero-order chi connectivity index (χ0) is 24.0. The lowest BCUT2D eigenvalue weighted by molar-refractivity contribution is -0.120. The second-order valence-electron chi connectivity index (χ2n) is 7.04. The molecule has 1 aromatic heterocycles. The van der Waals surface area contributed by atoms with Crippen LogP contribution in [0.4, 0.5) is 0 Å². The number of ether oxygens (including phenoxy) is 4. The van der Waals surface area contributed by atoms with E-state index in [9.17, 15) is 9.59 Å². The molecule has 1 atom stereocenters. The van der Waals surface area contributed by atoms with Crippen molar-refractivity contribution in [3.8, 4) is 23.0 Å². The summed E-state index contributed by atoms with van der Waals surface area (Å²) in [5, 5.41) is 3.01. The van der Waals surface area contributed by atoms with Gasteiger partial charge in [0.15, 0.2) is 18.1 Å². The molecule has 0 bridgehead atoms. The van der Waals surface area contributed by atoms with Crippen molar-refractivity contribution < 1.29 is 28.5 Å². The molecule has 0 spiro atoms. The molecule has 0 fully saturated rings. The van der Waals surface area contributed by atoms with Crippen LogP contribution in [0.5, 0.6) is 23.0 Å². The first-order chi connectivity index (χ1) is 15.9. The molecule has 0 aliphatic carbocycles. The predicted octanol–water partition coefficient (Wildman–Crippen LogP) is 1.83. The Kier molecular flexibility index (Phi) is 7.39. The van der Waals surface area contributed by atoms with Gasteiger partial charge in [0, 0.05) is 25.0 Å². The number of carbonyl (C=O) groups is 2. The van der Waals surface area contributed by atoms with Gasteiger partial charge in [-0.25, -0.2) is 4.98 Å². The Bertz CT molecular complexity index is 1120. The van der Waals surface area contributed by atoms with Crippen LogP contribution in [0.25, 0.3) is 0 Å². The number of nitrogens with one attached hydrogen (secondary N) is 1. The molecule has 3 N–H and O–H groups in total. The highest BCUT2D eigenvalue weighted by atomic mass is 16.5. The molecule has 1 unspecified atom stereocenters. The Labute approximate surface area is 191 Å². The molecular formula is C23H26N4O6. The van der Waals surface area contributed by atoms with Crippen LogP contribution in [-0.4, -0.2) is 49.3 Å². The van der Waals surface area contributed by atoms with Gasteiger partial charge >= 0.3 is 0 Å². The van der Waals surface area contributed by atoms with Crippen molar-refractivity contribution in [2.45, 2.75) is 6.04 Å². The van der Waals surface area contributed by atoms with Crippen LogP contribution in [0, 0.1) is 0 Å². The monoisotopic (exact) mass is 454 g/mol. The van der Waals surface area contributed by atoms with E-state index >= 15 is 0 Å². The van der Waals surface area contributed by atoms with Crippen molar-refractivity contribution >= 4 is 11.8 Å². The van der Waals surface area contributed by atoms with Gasteiger partial charge in [0.2, 0.25) is 5.75 Å². The van der Waals surface area contributed by atoms with Crippen molar-refractivity contribution in [2.75, 3.05) is 27.9 Å². The van der Waals surface area contributed by atoms with Crippen LogP contribution in [0.1, 0.15) is 27.8 Å². The largest absolute Gasteiger partial charge is 0.497 e. The third-order valence-corrected chi connectivity index (χ3v) is 4.90. The molecule has 1 heterocycles. The summed E-state index contributed by atoms with van der Waals surface area (Å²) in [6.45, 7) is -0.366. The molecule has 2 aromatic carbocycles. The Morgan fingerprint density at radius 1 is 1.09 bits per heavy atom. The Balaban J connectivity index is 1.98. The summed E-state index contributed by atoms with van der Waals surface area (Å²) < 4.78 is 23.3. The van der Waals surface area contributed by atoms with Gasteiger partial charge in [0.05, 0.1) is 21.3 Å². The maximum Gasteiger partial charge on any atom is 0.255 e. The number of nitrogens with two attached hydrogens (primary N) is 1. The first-order valence-electron chi connectivity index (χ1n) is 9.97. The number of aryl methyl sites for hydroxylation is 1. The van der Waals surface area contributed by atoms with Gasteiger partial charge in [-0.2, -0.15) is 0 Å². The van der Waals surface area contributed by atoms with E-state index < -0.39 is 17.9 Å². The molecular weight excluding hydrogens is 428 g/mol. The van der Waals surface area contributed by atoms with Gasteiger partial charge in [0.1, 0.15) is 17.6 Å². The average Bonchev–Trinajstić information content (AvgIpc) is 3.25. The number of hydrogen-bond donors (Lipinski definition) is 2. The minimum atomic E-state index is -0.655. The van der Waals surface area contributed by atoms with Crippen LogP contribution in [0.15, 0.2) is 48.8 Å². The van der Waals surface area contributed by atoms with Gasteiger partial charge < -0.3 is 34.6 Å². The molecule has 0 aliphatic heterocycles. The molecule has 10 nitrogen and oxygen atoms in total. The van der Waals surface area contributed by atoms with E-state index in [2.05, 4.69) is 10.3 Å². The van der Waals surface area contributed by atoms with Crippen molar-refractivity contribution in [3.63, 3.8) is 0 Å². The van der Waals surface area contributed by atoms with E-state index in [1.54, 1.807) is 19.5 Å². The molecule has 3 aromatic rings. The second kappa shape index (κ2) is 10.4. The average molecular weight is 454 g/mol. The standard InChI is InChI=1S/C23H26N4O6/c1-27-9-8-25-22(27)20(14-6-5-7-16(10-14)30-2)26-23(29)15-11-17(31-3)21(18(12-15)32-4)33-13-19(24)28/h5-12,20H,13H2,1-4H3,(H2,24,28)(H,26,29). The summed E-state index contributed by atoms with van der Waals surface area (Å²) in [5.74, 6) is 0.841. The van der Waals surface area contributed by atoms with Crippen molar-refractivity contribution in [2.24, 2.45) is 12.8 Å². The molecule has 0 saturated carbocycles. The van der Waals surface area contributed by atoms with E-state index in [4.69, 9.17) is 24.7 Å². The van der Waals surface area contributed by atoms with Gasteiger partial charge in [-0.1, -0.05) is 12.1 Å².